The molecule has 0 aliphatic carbocycles. The summed E-state index contributed by atoms with van der Waals surface area (Å²) in [6.45, 7) is 3.51. The maximum atomic E-state index is 12.8. The first-order chi connectivity index (χ1) is 7.81. The summed E-state index contributed by atoms with van der Waals surface area (Å²) in [7, 11) is 0. The van der Waals surface area contributed by atoms with Crippen LogP contribution in [0.15, 0.2) is 12.1 Å². The first-order valence-corrected chi connectivity index (χ1v) is 5.15. The highest BCUT2D eigenvalue weighted by atomic mass is 19.4. The van der Waals surface area contributed by atoms with Crippen LogP contribution in [-0.4, -0.2) is 0 Å². The second-order valence-corrected chi connectivity index (χ2v) is 4.07. The molecule has 1 rings (SSSR count). The molecule has 0 bridgehead atoms. The van der Waals surface area contributed by atoms with Crippen LogP contribution in [-0.2, 0) is 12.7 Å². The van der Waals surface area contributed by atoms with Crippen molar-refractivity contribution in [3.63, 3.8) is 0 Å². The predicted molar refractivity (Wildman–Crippen MR) is 58.1 cm³/mol. The van der Waals surface area contributed by atoms with Gasteiger partial charge in [0.15, 0.2) is 0 Å². The molecule has 17 heavy (non-hydrogen) atoms. The largest absolute Gasteiger partial charge is 0.417 e. The van der Waals surface area contributed by atoms with Crippen LogP contribution in [0.1, 0.15) is 42.0 Å². The molecule has 0 atom stereocenters. The maximum absolute atomic E-state index is 12.8. The average molecular weight is 242 g/mol. The molecule has 5 heteroatoms. The van der Waals surface area contributed by atoms with Crippen LogP contribution in [0.4, 0.5) is 13.2 Å². The fourth-order valence-electron chi connectivity index (χ4n) is 1.58. The summed E-state index contributed by atoms with van der Waals surface area (Å²) < 4.78 is 38.4. The van der Waals surface area contributed by atoms with Gasteiger partial charge in [-0.25, -0.2) is 0 Å². The fraction of sp³-hybridized carbons (Fsp3) is 0.417. The highest BCUT2D eigenvalue weighted by molar-refractivity contribution is 5.49. The third-order valence-electron chi connectivity index (χ3n) is 2.55. The van der Waals surface area contributed by atoms with Crippen molar-refractivity contribution >= 4 is 0 Å². The van der Waals surface area contributed by atoms with Gasteiger partial charge in [-0.05, 0) is 23.1 Å². The minimum absolute atomic E-state index is 0.0471. The first kappa shape index (κ1) is 13.5. The van der Waals surface area contributed by atoms with Gasteiger partial charge in [0.2, 0.25) is 0 Å². The molecule has 0 fully saturated rings. The average Bonchev–Trinajstić information content (AvgIpc) is 2.25. The van der Waals surface area contributed by atoms with E-state index in [9.17, 15) is 13.2 Å². The van der Waals surface area contributed by atoms with Gasteiger partial charge in [-0.3, -0.25) is 0 Å². The molecule has 0 aliphatic rings. The van der Waals surface area contributed by atoms with Crippen LogP contribution in [0, 0.1) is 11.3 Å². The zero-order valence-corrected chi connectivity index (χ0v) is 9.60. The van der Waals surface area contributed by atoms with Crippen LogP contribution in [0.3, 0.4) is 0 Å². The molecule has 1 aromatic carbocycles. The molecule has 0 saturated carbocycles. The van der Waals surface area contributed by atoms with Crippen molar-refractivity contribution in [2.75, 3.05) is 0 Å². The number of nitrogens with zero attached hydrogens (tertiary/aromatic N) is 1. The smallest absolute Gasteiger partial charge is 0.326 e. The Morgan fingerprint density at radius 3 is 2.29 bits per heavy atom. The van der Waals surface area contributed by atoms with E-state index in [0.717, 1.165) is 6.07 Å². The van der Waals surface area contributed by atoms with E-state index in [2.05, 4.69) is 0 Å². The Morgan fingerprint density at radius 1 is 1.35 bits per heavy atom. The van der Waals surface area contributed by atoms with E-state index >= 15 is 0 Å². The number of hydrogen-bond donors (Lipinski definition) is 1. The van der Waals surface area contributed by atoms with E-state index in [4.69, 9.17) is 11.0 Å². The van der Waals surface area contributed by atoms with E-state index in [1.165, 1.54) is 0 Å². The molecule has 92 valence electrons. The SMILES string of the molecule is CC(C)c1cc(CN)c(C#N)c(C(F)(F)F)c1. The second-order valence-electron chi connectivity index (χ2n) is 4.07. The number of hydrogen-bond acceptors (Lipinski definition) is 2. The molecule has 0 aliphatic heterocycles. The van der Waals surface area contributed by atoms with Crippen molar-refractivity contribution in [2.24, 2.45) is 5.73 Å². The summed E-state index contributed by atoms with van der Waals surface area (Å²) in [4.78, 5) is 0. The lowest BCUT2D eigenvalue weighted by Crippen LogP contribution is -2.13. The molecule has 2 N–H and O–H groups in total. The summed E-state index contributed by atoms with van der Waals surface area (Å²) in [5, 5.41) is 8.82. The molecule has 1 aromatic rings. The Balaban J connectivity index is 3.56. The Morgan fingerprint density at radius 2 is 1.94 bits per heavy atom. The lowest BCUT2D eigenvalue weighted by molar-refractivity contribution is -0.137. The van der Waals surface area contributed by atoms with Crippen molar-refractivity contribution in [3.05, 3.63) is 34.4 Å². The van der Waals surface area contributed by atoms with Gasteiger partial charge in [0.25, 0.3) is 0 Å². The Labute approximate surface area is 97.9 Å². The Hall–Kier alpha value is -1.54. The summed E-state index contributed by atoms with van der Waals surface area (Å²) in [6.07, 6.45) is -4.53. The van der Waals surface area contributed by atoms with Crippen molar-refractivity contribution in [3.8, 4) is 6.07 Å². The third kappa shape index (κ3) is 2.77. The summed E-state index contributed by atoms with van der Waals surface area (Å²) in [5.74, 6) is -0.0471. The van der Waals surface area contributed by atoms with Crippen molar-refractivity contribution in [1.29, 1.82) is 5.26 Å². The molecular weight excluding hydrogens is 229 g/mol. The van der Waals surface area contributed by atoms with E-state index in [-0.39, 0.29) is 23.6 Å². The van der Waals surface area contributed by atoms with Gasteiger partial charge in [0.1, 0.15) is 6.07 Å². The van der Waals surface area contributed by atoms with Crippen molar-refractivity contribution in [2.45, 2.75) is 32.5 Å². The highest BCUT2D eigenvalue weighted by Gasteiger charge is 2.35. The van der Waals surface area contributed by atoms with Crippen LogP contribution < -0.4 is 5.73 Å². The van der Waals surface area contributed by atoms with Crippen LogP contribution in [0.25, 0.3) is 0 Å². The predicted octanol–water partition coefficient (Wildman–Crippen LogP) is 3.16. The minimum atomic E-state index is -4.53. The van der Waals surface area contributed by atoms with Crippen LogP contribution in [0.2, 0.25) is 0 Å². The fourth-order valence-corrected chi connectivity index (χ4v) is 1.58. The van der Waals surface area contributed by atoms with Crippen LogP contribution in [0.5, 0.6) is 0 Å². The van der Waals surface area contributed by atoms with E-state index < -0.39 is 11.7 Å². The molecule has 0 heterocycles. The Kier molecular flexibility index (Phi) is 3.79. The molecule has 0 radical (unpaired) electrons. The van der Waals surface area contributed by atoms with E-state index in [0.29, 0.717) is 5.56 Å². The molecule has 0 unspecified atom stereocenters. The van der Waals surface area contributed by atoms with Gasteiger partial charge in [0, 0.05) is 6.54 Å². The number of rotatable bonds is 2. The second kappa shape index (κ2) is 4.76. The molecular formula is C12H13F3N2. The molecule has 0 saturated heterocycles. The van der Waals surface area contributed by atoms with Crippen LogP contribution >= 0.6 is 0 Å². The Bertz CT molecular complexity index is 456. The molecule has 0 amide bonds. The van der Waals surface area contributed by atoms with Crippen molar-refractivity contribution < 1.29 is 13.2 Å². The standard InChI is InChI=1S/C12H13F3N2/c1-7(2)8-3-9(5-16)10(6-17)11(4-8)12(13,14)15/h3-4,7H,5,16H2,1-2H3. The van der Waals surface area contributed by atoms with Gasteiger partial charge in [-0.15, -0.1) is 0 Å². The minimum Gasteiger partial charge on any atom is -0.326 e. The highest BCUT2D eigenvalue weighted by Crippen LogP contribution is 2.35. The molecule has 0 spiro atoms. The van der Waals surface area contributed by atoms with Gasteiger partial charge >= 0.3 is 6.18 Å². The first-order valence-electron chi connectivity index (χ1n) is 5.15. The van der Waals surface area contributed by atoms with Crippen molar-refractivity contribution in [1.82, 2.24) is 0 Å². The van der Waals surface area contributed by atoms with Gasteiger partial charge < -0.3 is 5.73 Å². The zero-order chi connectivity index (χ0) is 13.2. The molecule has 2 nitrogen and oxygen atoms in total. The van der Waals surface area contributed by atoms with Gasteiger partial charge in [-0.1, -0.05) is 19.9 Å². The number of alkyl halides is 3. The number of benzene rings is 1. The van der Waals surface area contributed by atoms with E-state index in [1.54, 1.807) is 26.0 Å². The third-order valence-corrected chi connectivity index (χ3v) is 2.55. The number of nitriles is 1. The topological polar surface area (TPSA) is 49.8 Å². The summed E-state index contributed by atoms with van der Waals surface area (Å²) >= 11 is 0. The van der Waals surface area contributed by atoms with E-state index in [1.807, 2.05) is 0 Å². The maximum Gasteiger partial charge on any atom is 0.417 e. The van der Waals surface area contributed by atoms with Gasteiger partial charge in [0.05, 0.1) is 11.1 Å². The normalized spacial score (nSPS) is 11.6. The van der Waals surface area contributed by atoms with Gasteiger partial charge in [-0.2, -0.15) is 18.4 Å². The zero-order valence-electron chi connectivity index (χ0n) is 9.60. The quantitative estimate of drug-likeness (QED) is 0.866. The number of halogens is 3. The summed E-state index contributed by atoms with van der Waals surface area (Å²) in [6, 6.07) is 4.19. The number of nitrogens with two attached hydrogens (primary N) is 1. The molecule has 0 aromatic heterocycles. The monoisotopic (exact) mass is 242 g/mol. The lowest BCUT2D eigenvalue weighted by atomic mass is 9.93. The summed E-state index contributed by atoms with van der Waals surface area (Å²) in [5.41, 5.74) is 4.90. The lowest BCUT2D eigenvalue weighted by Gasteiger charge is -2.15.